The minimum Gasteiger partial charge on any atom is -0.481 e. The second-order valence-electron chi connectivity index (χ2n) is 3.88. The van der Waals surface area contributed by atoms with E-state index < -0.39 is 24.0 Å². The van der Waals surface area contributed by atoms with Gasteiger partial charge in [-0.3, -0.25) is 9.59 Å². The molecule has 4 unspecified atom stereocenters. The van der Waals surface area contributed by atoms with Crippen molar-refractivity contribution in [2.24, 2.45) is 17.6 Å². The van der Waals surface area contributed by atoms with E-state index >= 15 is 0 Å². The molecule has 0 bridgehead atoms. The van der Waals surface area contributed by atoms with E-state index in [-0.39, 0.29) is 18.1 Å². The first-order valence-corrected chi connectivity index (χ1v) is 4.60. The number of hydrogen-bond donors (Lipinski definition) is 3. The number of hydrogen-bond acceptors (Lipinski definition) is 4. The van der Waals surface area contributed by atoms with E-state index in [0.29, 0.717) is 6.42 Å². The number of carbonyl (C=O) groups is 2. The Morgan fingerprint density at radius 2 is 1.93 bits per heavy atom. The average Bonchev–Trinajstić information content (AvgIpc) is 2.08. The van der Waals surface area contributed by atoms with Gasteiger partial charge in [0.05, 0.1) is 12.0 Å². The van der Waals surface area contributed by atoms with E-state index in [2.05, 4.69) is 0 Å². The molecule has 0 aromatic carbocycles. The standard InChI is InChI=1S/C9H15NO4/c1-4(11)5-2-6(9(13)14)8(12)7(10)3-5/h5-8,12H,2-3,10H2,1H3,(H,13,14). The van der Waals surface area contributed by atoms with Crippen LogP contribution in [-0.2, 0) is 9.59 Å². The molecule has 1 fully saturated rings. The third-order valence-electron chi connectivity index (χ3n) is 2.84. The van der Waals surface area contributed by atoms with E-state index in [9.17, 15) is 14.7 Å². The van der Waals surface area contributed by atoms with Crippen LogP contribution in [0, 0.1) is 11.8 Å². The highest BCUT2D eigenvalue weighted by molar-refractivity contribution is 5.80. The lowest BCUT2D eigenvalue weighted by molar-refractivity contribution is -0.149. The smallest absolute Gasteiger partial charge is 0.309 e. The number of ketones is 1. The lowest BCUT2D eigenvalue weighted by atomic mass is 9.75. The summed E-state index contributed by atoms with van der Waals surface area (Å²) < 4.78 is 0. The summed E-state index contributed by atoms with van der Waals surface area (Å²) in [6.45, 7) is 1.42. The first-order valence-electron chi connectivity index (χ1n) is 4.60. The number of aliphatic carboxylic acids is 1. The van der Waals surface area contributed by atoms with Crippen molar-refractivity contribution >= 4 is 11.8 Å². The van der Waals surface area contributed by atoms with Crippen molar-refractivity contribution in [3.05, 3.63) is 0 Å². The van der Waals surface area contributed by atoms with E-state index in [1.165, 1.54) is 6.92 Å². The van der Waals surface area contributed by atoms with Gasteiger partial charge >= 0.3 is 5.97 Å². The minimum atomic E-state index is -1.08. The van der Waals surface area contributed by atoms with Gasteiger partial charge in [-0.25, -0.2) is 0 Å². The van der Waals surface area contributed by atoms with Crippen molar-refractivity contribution in [1.29, 1.82) is 0 Å². The summed E-state index contributed by atoms with van der Waals surface area (Å²) in [5.74, 6) is -2.38. The molecule has 1 aliphatic rings. The van der Waals surface area contributed by atoms with Gasteiger partial charge in [0, 0.05) is 12.0 Å². The summed E-state index contributed by atoms with van der Waals surface area (Å²) in [4.78, 5) is 21.8. The zero-order valence-corrected chi connectivity index (χ0v) is 8.01. The molecule has 0 aliphatic heterocycles. The van der Waals surface area contributed by atoms with Crippen LogP contribution in [-0.4, -0.2) is 34.1 Å². The van der Waals surface area contributed by atoms with Gasteiger partial charge in [0.2, 0.25) is 0 Å². The molecule has 5 heteroatoms. The van der Waals surface area contributed by atoms with Crippen molar-refractivity contribution in [1.82, 2.24) is 0 Å². The number of aliphatic hydroxyl groups excluding tert-OH is 1. The fourth-order valence-corrected chi connectivity index (χ4v) is 1.89. The maximum absolute atomic E-state index is 11.1. The second-order valence-corrected chi connectivity index (χ2v) is 3.88. The van der Waals surface area contributed by atoms with Crippen LogP contribution in [0.25, 0.3) is 0 Å². The molecule has 5 nitrogen and oxygen atoms in total. The Balaban J connectivity index is 2.76. The molecule has 0 amide bonds. The highest BCUT2D eigenvalue weighted by Crippen LogP contribution is 2.29. The summed E-state index contributed by atoms with van der Waals surface area (Å²) in [6, 6.07) is -0.612. The highest BCUT2D eigenvalue weighted by Gasteiger charge is 2.40. The number of carboxylic acid groups (broad SMARTS) is 1. The number of aliphatic hydroxyl groups is 1. The molecule has 0 aromatic heterocycles. The zero-order chi connectivity index (χ0) is 10.9. The van der Waals surface area contributed by atoms with Gasteiger partial charge in [0.25, 0.3) is 0 Å². The van der Waals surface area contributed by atoms with Crippen LogP contribution in [0.1, 0.15) is 19.8 Å². The number of Topliss-reactive ketones (excluding diaryl/α,β-unsaturated/α-hetero) is 1. The molecule has 0 saturated heterocycles. The van der Waals surface area contributed by atoms with Crippen molar-refractivity contribution in [3.8, 4) is 0 Å². The third-order valence-corrected chi connectivity index (χ3v) is 2.84. The lowest BCUT2D eigenvalue weighted by Gasteiger charge is -2.34. The van der Waals surface area contributed by atoms with E-state index in [1.54, 1.807) is 0 Å². The first kappa shape index (κ1) is 11.1. The molecule has 4 N–H and O–H groups in total. The van der Waals surface area contributed by atoms with Gasteiger partial charge in [-0.15, -0.1) is 0 Å². The Morgan fingerprint density at radius 3 is 2.36 bits per heavy atom. The van der Waals surface area contributed by atoms with Crippen LogP contribution in [0.2, 0.25) is 0 Å². The SMILES string of the molecule is CC(=O)C1CC(N)C(O)C(C(=O)O)C1. The predicted octanol–water partition coefficient (Wildman–Crippen LogP) is -0.626. The van der Waals surface area contributed by atoms with E-state index in [0.717, 1.165) is 0 Å². The van der Waals surface area contributed by atoms with Crippen LogP contribution in [0.5, 0.6) is 0 Å². The fourth-order valence-electron chi connectivity index (χ4n) is 1.89. The minimum absolute atomic E-state index is 0.0569. The fraction of sp³-hybridized carbons (Fsp3) is 0.778. The molecule has 14 heavy (non-hydrogen) atoms. The first-order chi connectivity index (χ1) is 6.43. The van der Waals surface area contributed by atoms with E-state index in [1.807, 2.05) is 0 Å². The molecule has 4 atom stereocenters. The van der Waals surface area contributed by atoms with Gasteiger partial charge in [-0.1, -0.05) is 0 Å². The number of carbonyl (C=O) groups excluding carboxylic acids is 1. The zero-order valence-electron chi connectivity index (χ0n) is 8.01. The number of nitrogens with two attached hydrogens (primary N) is 1. The van der Waals surface area contributed by atoms with Crippen molar-refractivity contribution in [2.45, 2.75) is 31.9 Å². The van der Waals surface area contributed by atoms with Gasteiger partial charge in [-0.05, 0) is 19.8 Å². The lowest BCUT2D eigenvalue weighted by Crippen LogP contribution is -2.49. The maximum atomic E-state index is 11.1. The normalized spacial score (nSPS) is 37.9. The van der Waals surface area contributed by atoms with Gasteiger partial charge in [0.1, 0.15) is 5.78 Å². The summed E-state index contributed by atoms with van der Waals surface area (Å²) in [5.41, 5.74) is 5.57. The summed E-state index contributed by atoms with van der Waals surface area (Å²) in [6.07, 6.45) is -0.470. The Bertz CT molecular complexity index is 253. The quantitative estimate of drug-likeness (QED) is 0.552. The average molecular weight is 201 g/mol. The van der Waals surface area contributed by atoms with Crippen molar-refractivity contribution in [3.63, 3.8) is 0 Å². The molecular formula is C9H15NO4. The summed E-state index contributed by atoms with van der Waals surface area (Å²) in [7, 11) is 0. The topological polar surface area (TPSA) is 101 Å². The largest absolute Gasteiger partial charge is 0.481 e. The Kier molecular flexibility index (Phi) is 3.23. The second kappa shape index (κ2) is 4.06. The monoisotopic (exact) mass is 201 g/mol. The molecule has 0 aromatic rings. The van der Waals surface area contributed by atoms with Crippen LogP contribution in [0.15, 0.2) is 0 Å². The summed E-state index contributed by atoms with van der Waals surface area (Å²) in [5, 5.41) is 18.3. The van der Waals surface area contributed by atoms with Gasteiger partial charge < -0.3 is 15.9 Å². The Hall–Kier alpha value is -0.940. The molecule has 0 heterocycles. The molecule has 0 radical (unpaired) electrons. The summed E-state index contributed by atoms with van der Waals surface area (Å²) >= 11 is 0. The Labute approximate surface area is 81.9 Å². The predicted molar refractivity (Wildman–Crippen MR) is 48.5 cm³/mol. The Morgan fingerprint density at radius 1 is 1.36 bits per heavy atom. The van der Waals surface area contributed by atoms with Crippen molar-refractivity contribution < 1.29 is 19.8 Å². The third kappa shape index (κ3) is 2.10. The van der Waals surface area contributed by atoms with Crippen LogP contribution < -0.4 is 5.73 Å². The van der Waals surface area contributed by atoms with Gasteiger partial charge in [0.15, 0.2) is 0 Å². The molecular weight excluding hydrogens is 186 g/mol. The van der Waals surface area contributed by atoms with Crippen LogP contribution in [0.4, 0.5) is 0 Å². The molecule has 1 saturated carbocycles. The maximum Gasteiger partial charge on any atom is 0.309 e. The van der Waals surface area contributed by atoms with Crippen LogP contribution in [0.3, 0.4) is 0 Å². The number of carboxylic acids is 1. The van der Waals surface area contributed by atoms with Crippen LogP contribution >= 0.6 is 0 Å². The molecule has 80 valence electrons. The highest BCUT2D eigenvalue weighted by atomic mass is 16.4. The van der Waals surface area contributed by atoms with Crippen molar-refractivity contribution in [2.75, 3.05) is 0 Å². The number of rotatable bonds is 2. The van der Waals surface area contributed by atoms with Gasteiger partial charge in [-0.2, -0.15) is 0 Å². The van der Waals surface area contributed by atoms with E-state index in [4.69, 9.17) is 10.8 Å². The molecule has 0 spiro atoms. The molecule has 1 aliphatic carbocycles. The molecule has 1 rings (SSSR count).